The summed E-state index contributed by atoms with van der Waals surface area (Å²) >= 11 is 6.07. The largest absolute Gasteiger partial charge is 0.496 e. The zero-order valence-corrected chi connectivity index (χ0v) is 13.4. The number of halogens is 1. The number of hydrogen-bond donors (Lipinski definition) is 1. The van der Waals surface area contributed by atoms with Gasteiger partial charge < -0.3 is 10.1 Å². The lowest BCUT2D eigenvalue weighted by atomic mass is 10.1. The van der Waals surface area contributed by atoms with Crippen molar-refractivity contribution in [3.05, 3.63) is 52.0 Å². The van der Waals surface area contributed by atoms with E-state index in [1.807, 2.05) is 31.2 Å². The van der Waals surface area contributed by atoms with Gasteiger partial charge in [0.25, 0.3) is 0 Å². The molecule has 0 bridgehead atoms. The van der Waals surface area contributed by atoms with Crippen LogP contribution in [0.5, 0.6) is 5.75 Å². The highest BCUT2D eigenvalue weighted by molar-refractivity contribution is 6.30. The van der Waals surface area contributed by atoms with Crippen molar-refractivity contribution >= 4 is 22.8 Å². The maximum atomic E-state index is 6.07. The lowest BCUT2D eigenvalue weighted by molar-refractivity contribution is 0.0585. The number of hydrogen-bond acceptors (Lipinski definition) is 4. The smallest absolute Gasteiger partial charge is 0.229 e. The maximum Gasteiger partial charge on any atom is 0.229 e. The normalized spacial score (nSPS) is 11.2. The Kier molecular flexibility index (Phi) is 4.41. The van der Waals surface area contributed by atoms with Crippen LogP contribution in [0, 0.1) is 6.92 Å². The van der Waals surface area contributed by atoms with Gasteiger partial charge in [-0.05, 0) is 54.8 Å². The second-order valence-corrected chi connectivity index (χ2v) is 5.78. The van der Waals surface area contributed by atoms with Gasteiger partial charge in [0.15, 0.2) is 0 Å². The first kappa shape index (κ1) is 15.0. The third kappa shape index (κ3) is 3.29. The standard InChI is InChI=1S/C17H18ClNO3/c1-11-5-12(7-14(18)6-11)10-19-4-3-13-8-16-17(22-21-16)9-15(13)20-2/h5-9,19H,3-4,10H2,1-2H3. The molecule has 1 N–H and O–H groups in total. The maximum absolute atomic E-state index is 6.07. The van der Waals surface area contributed by atoms with Crippen molar-refractivity contribution in [2.24, 2.45) is 0 Å². The van der Waals surface area contributed by atoms with E-state index in [0.29, 0.717) is 0 Å². The monoisotopic (exact) mass is 319 g/mol. The Bertz CT molecular complexity index is 755. The summed E-state index contributed by atoms with van der Waals surface area (Å²) in [5.74, 6) is 0.822. The van der Waals surface area contributed by atoms with Crippen molar-refractivity contribution in [3.8, 4) is 5.75 Å². The second-order valence-electron chi connectivity index (χ2n) is 5.34. The van der Waals surface area contributed by atoms with Crippen molar-refractivity contribution in [1.29, 1.82) is 0 Å². The molecule has 1 aromatic heterocycles. The molecule has 116 valence electrons. The van der Waals surface area contributed by atoms with Gasteiger partial charge in [-0.15, -0.1) is 0 Å². The third-order valence-corrected chi connectivity index (χ3v) is 3.79. The van der Waals surface area contributed by atoms with E-state index >= 15 is 0 Å². The molecule has 1 heterocycles. The number of methoxy groups -OCH3 is 1. The Labute approximate surface area is 133 Å². The van der Waals surface area contributed by atoms with E-state index in [0.717, 1.165) is 47.0 Å². The minimum absolute atomic E-state index is 0.725. The quantitative estimate of drug-likeness (QED) is 0.542. The van der Waals surface area contributed by atoms with Gasteiger partial charge in [0.05, 0.1) is 7.11 Å². The molecule has 2 aromatic carbocycles. The van der Waals surface area contributed by atoms with E-state index < -0.39 is 0 Å². The lowest BCUT2D eigenvalue weighted by Crippen LogP contribution is -2.17. The summed E-state index contributed by atoms with van der Waals surface area (Å²) in [7, 11) is 1.66. The van der Waals surface area contributed by atoms with E-state index in [-0.39, 0.29) is 0 Å². The van der Waals surface area contributed by atoms with Gasteiger partial charge in [-0.1, -0.05) is 17.7 Å². The van der Waals surface area contributed by atoms with Crippen molar-refractivity contribution in [2.75, 3.05) is 13.7 Å². The molecule has 0 fully saturated rings. The van der Waals surface area contributed by atoms with Crippen LogP contribution in [0.4, 0.5) is 0 Å². The van der Waals surface area contributed by atoms with Gasteiger partial charge in [-0.3, -0.25) is 9.15 Å². The van der Waals surface area contributed by atoms with Crippen molar-refractivity contribution in [1.82, 2.24) is 5.32 Å². The summed E-state index contributed by atoms with van der Waals surface area (Å²) in [6, 6.07) is 9.89. The van der Waals surface area contributed by atoms with E-state index in [1.165, 1.54) is 11.1 Å². The molecule has 0 saturated heterocycles. The Morgan fingerprint density at radius 2 is 1.86 bits per heavy atom. The van der Waals surface area contributed by atoms with Crippen molar-refractivity contribution in [3.63, 3.8) is 0 Å². The number of rotatable bonds is 6. The van der Waals surface area contributed by atoms with Crippen LogP contribution in [0.2, 0.25) is 5.02 Å². The summed E-state index contributed by atoms with van der Waals surface area (Å²) in [5, 5.41) is 4.20. The summed E-state index contributed by atoms with van der Waals surface area (Å²) < 4.78 is 15.2. The summed E-state index contributed by atoms with van der Waals surface area (Å²) in [5.41, 5.74) is 4.94. The number of ether oxygens (including phenoxy) is 1. The molecule has 0 radical (unpaired) electrons. The van der Waals surface area contributed by atoms with Gasteiger partial charge >= 0.3 is 0 Å². The van der Waals surface area contributed by atoms with Crippen LogP contribution in [-0.4, -0.2) is 13.7 Å². The van der Waals surface area contributed by atoms with Crippen LogP contribution in [-0.2, 0) is 13.0 Å². The molecule has 22 heavy (non-hydrogen) atoms. The molecule has 0 unspecified atom stereocenters. The summed E-state index contributed by atoms with van der Waals surface area (Å²) in [4.78, 5) is 0. The van der Waals surface area contributed by atoms with E-state index in [2.05, 4.69) is 11.4 Å². The average molecular weight is 320 g/mol. The van der Waals surface area contributed by atoms with Gasteiger partial charge in [-0.25, -0.2) is 0 Å². The molecule has 0 aliphatic carbocycles. The van der Waals surface area contributed by atoms with Gasteiger partial charge in [-0.2, -0.15) is 0 Å². The minimum atomic E-state index is 0.725. The van der Waals surface area contributed by atoms with Gasteiger partial charge in [0, 0.05) is 17.6 Å². The Balaban J connectivity index is 1.58. The number of aryl methyl sites for hydroxylation is 1. The Morgan fingerprint density at radius 1 is 1.09 bits per heavy atom. The first-order chi connectivity index (χ1) is 10.7. The minimum Gasteiger partial charge on any atom is -0.496 e. The first-order valence-electron chi connectivity index (χ1n) is 7.18. The van der Waals surface area contributed by atoms with E-state index in [9.17, 15) is 0 Å². The fraction of sp³-hybridized carbons (Fsp3) is 0.294. The topological polar surface area (TPSA) is 47.5 Å². The van der Waals surface area contributed by atoms with Crippen molar-refractivity contribution < 1.29 is 13.9 Å². The van der Waals surface area contributed by atoms with E-state index in [4.69, 9.17) is 25.5 Å². The van der Waals surface area contributed by atoms with Crippen LogP contribution in [0.15, 0.2) is 39.5 Å². The molecule has 0 aliphatic rings. The molecule has 4 nitrogen and oxygen atoms in total. The molecule has 0 amide bonds. The van der Waals surface area contributed by atoms with Gasteiger partial charge in [0.2, 0.25) is 11.2 Å². The molecular weight excluding hydrogens is 302 g/mol. The summed E-state index contributed by atoms with van der Waals surface area (Å²) in [6.07, 6.45) is 0.847. The highest BCUT2D eigenvalue weighted by atomic mass is 35.5. The second kappa shape index (κ2) is 6.46. The predicted octanol–water partition coefficient (Wildman–Crippen LogP) is 4.33. The van der Waals surface area contributed by atoms with Gasteiger partial charge in [0.1, 0.15) is 5.75 Å². The Morgan fingerprint density at radius 3 is 2.55 bits per heavy atom. The molecule has 3 aromatic rings. The van der Waals surface area contributed by atoms with Crippen LogP contribution >= 0.6 is 11.6 Å². The molecular formula is C17H18ClNO3. The fourth-order valence-corrected chi connectivity index (χ4v) is 2.84. The third-order valence-electron chi connectivity index (χ3n) is 3.57. The lowest BCUT2D eigenvalue weighted by Gasteiger charge is -2.11. The molecule has 3 rings (SSSR count). The molecule has 0 saturated carbocycles. The average Bonchev–Trinajstić information content (AvgIpc) is 2.45. The van der Waals surface area contributed by atoms with E-state index in [1.54, 1.807) is 7.11 Å². The molecule has 0 aliphatic heterocycles. The van der Waals surface area contributed by atoms with Crippen molar-refractivity contribution in [2.45, 2.75) is 19.9 Å². The predicted molar refractivity (Wildman–Crippen MR) is 86.6 cm³/mol. The molecule has 0 spiro atoms. The van der Waals surface area contributed by atoms with Crippen LogP contribution in [0.25, 0.3) is 11.2 Å². The SMILES string of the molecule is COc1cc2ooc2cc1CCNCc1cc(C)cc(Cl)c1. The highest BCUT2D eigenvalue weighted by Gasteiger charge is 2.11. The van der Waals surface area contributed by atoms with Crippen LogP contribution in [0.1, 0.15) is 16.7 Å². The fourth-order valence-electron chi connectivity index (χ4n) is 2.52. The number of nitrogens with one attached hydrogen (secondary N) is 1. The first-order valence-corrected chi connectivity index (χ1v) is 7.56. The highest BCUT2D eigenvalue weighted by Crippen LogP contribution is 2.28. The van der Waals surface area contributed by atoms with Crippen LogP contribution in [0.3, 0.4) is 0 Å². The Hall–Kier alpha value is -1.91. The number of fused-ring (bicyclic) bond motifs is 1. The molecule has 0 atom stereocenters. The zero-order valence-electron chi connectivity index (χ0n) is 12.6. The summed E-state index contributed by atoms with van der Waals surface area (Å²) in [6.45, 7) is 3.67. The number of benzene rings is 2. The van der Waals surface area contributed by atoms with Crippen LogP contribution < -0.4 is 10.1 Å². The molecule has 5 heteroatoms. The zero-order chi connectivity index (χ0) is 15.5.